The Labute approximate surface area is 141 Å². The van der Waals surface area contributed by atoms with Crippen LogP contribution in [0.1, 0.15) is 11.6 Å². The second-order valence-corrected chi connectivity index (χ2v) is 5.99. The molecule has 1 N–H and O–H groups in total. The Kier molecular flexibility index (Phi) is 5.11. The predicted octanol–water partition coefficient (Wildman–Crippen LogP) is 1.44. The summed E-state index contributed by atoms with van der Waals surface area (Å²) in [6.07, 6.45) is 0. The lowest BCUT2D eigenvalue weighted by atomic mass is 10.0. The number of para-hydroxylation sites is 1. The predicted molar refractivity (Wildman–Crippen MR) is 90.5 cm³/mol. The molecule has 1 heterocycles. The number of methoxy groups -OCH3 is 1. The van der Waals surface area contributed by atoms with Crippen LogP contribution in [0.5, 0.6) is 0 Å². The number of halogens is 1. The van der Waals surface area contributed by atoms with E-state index < -0.39 is 6.04 Å². The highest BCUT2D eigenvalue weighted by Gasteiger charge is 2.35. The van der Waals surface area contributed by atoms with Crippen molar-refractivity contribution in [3.8, 4) is 0 Å². The van der Waals surface area contributed by atoms with Crippen molar-refractivity contribution in [2.45, 2.75) is 6.04 Å². The van der Waals surface area contributed by atoms with Gasteiger partial charge in [-0.3, -0.25) is 0 Å². The van der Waals surface area contributed by atoms with Gasteiger partial charge < -0.3 is 14.5 Å². The molecule has 0 unspecified atom stereocenters. The molecule has 1 aliphatic heterocycles. The molecule has 2 aromatic rings. The Morgan fingerprint density at radius 3 is 2.29 bits per heavy atom. The summed E-state index contributed by atoms with van der Waals surface area (Å²) in [5.74, 6) is -0.573. The Balaban J connectivity index is 1.73. The number of nitrogens with zero attached hydrogens (tertiary/aromatic N) is 1. The van der Waals surface area contributed by atoms with Crippen molar-refractivity contribution in [2.24, 2.45) is 0 Å². The molecule has 0 aromatic heterocycles. The molecule has 126 valence electrons. The maximum atomic E-state index is 13.2. The van der Waals surface area contributed by atoms with Gasteiger partial charge >= 0.3 is 5.97 Å². The van der Waals surface area contributed by atoms with Crippen molar-refractivity contribution in [2.75, 3.05) is 38.2 Å². The van der Waals surface area contributed by atoms with Crippen LogP contribution in [0.3, 0.4) is 0 Å². The number of benzene rings is 2. The zero-order chi connectivity index (χ0) is 16.9. The normalized spacial score (nSPS) is 16.7. The van der Waals surface area contributed by atoms with Crippen molar-refractivity contribution in [3.05, 3.63) is 66.0 Å². The monoisotopic (exact) mass is 329 g/mol. The first-order valence-corrected chi connectivity index (χ1v) is 8.17. The van der Waals surface area contributed by atoms with E-state index in [1.165, 1.54) is 24.9 Å². The zero-order valence-electron chi connectivity index (χ0n) is 13.7. The highest BCUT2D eigenvalue weighted by atomic mass is 19.1. The summed E-state index contributed by atoms with van der Waals surface area (Å²) in [5, 5.41) is 0. The first-order chi connectivity index (χ1) is 11.7. The molecule has 0 bridgehead atoms. The molecule has 0 spiro atoms. The molecule has 0 radical (unpaired) electrons. The van der Waals surface area contributed by atoms with E-state index in [1.54, 1.807) is 12.1 Å². The summed E-state index contributed by atoms with van der Waals surface area (Å²) in [5.41, 5.74) is 2.00. The number of carbonyl (C=O) groups excluding carboxylic acids is 1. The van der Waals surface area contributed by atoms with Crippen LogP contribution in [0.25, 0.3) is 0 Å². The van der Waals surface area contributed by atoms with E-state index in [4.69, 9.17) is 4.74 Å². The Morgan fingerprint density at radius 2 is 1.71 bits per heavy atom. The van der Waals surface area contributed by atoms with Crippen LogP contribution in [0.2, 0.25) is 0 Å². The second kappa shape index (κ2) is 7.45. The third-order valence-corrected chi connectivity index (χ3v) is 4.58. The van der Waals surface area contributed by atoms with Gasteiger partial charge in [-0.2, -0.15) is 0 Å². The average molecular weight is 329 g/mol. The highest BCUT2D eigenvalue weighted by Crippen LogP contribution is 2.16. The minimum atomic E-state index is -0.409. The maximum Gasteiger partial charge on any atom is 0.369 e. The number of nitrogens with one attached hydrogen (secondary N) is 1. The van der Waals surface area contributed by atoms with Crippen LogP contribution in [0.15, 0.2) is 54.6 Å². The summed E-state index contributed by atoms with van der Waals surface area (Å²) >= 11 is 0. The van der Waals surface area contributed by atoms with Crippen LogP contribution in [-0.4, -0.2) is 39.3 Å². The molecule has 5 heteroatoms. The molecule has 3 rings (SSSR count). The van der Waals surface area contributed by atoms with Gasteiger partial charge in [0.2, 0.25) is 6.04 Å². The standard InChI is InChI=1S/C19H21FN2O2/c1-24-19(23)18(15-7-9-16(20)10-8-15)22-13-11-21(12-14-22)17-5-3-2-4-6-17/h2-10,18H,11-14H2,1H3/p+1/t18-/m1/s1. The van der Waals surface area contributed by atoms with Gasteiger partial charge in [-0.15, -0.1) is 0 Å². The van der Waals surface area contributed by atoms with Gasteiger partial charge in [-0.25, -0.2) is 9.18 Å². The number of piperazine rings is 1. The molecule has 1 aliphatic rings. The molecular formula is C19H22FN2O2+. The molecule has 1 atom stereocenters. The first kappa shape index (κ1) is 16.5. The van der Waals surface area contributed by atoms with Crippen molar-refractivity contribution >= 4 is 11.7 Å². The van der Waals surface area contributed by atoms with E-state index in [0.29, 0.717) is 0 Å². The quantitative estimate of drug-likeness (QED) is 0.862. The molecule has 1 fully saturated rings. The number of ether oxygens (including phenoxy) is 1. The number of quaternary nitrogens is 1. The van der Waals surface area contributed by atoms with Crippen LogP contribution in [0, 0.1) is 5.82 Å². The van der Waals surface area contributed by atoms with Crippen molar-refractivity contribution in [1.82, 2.24) is 0 Å². The van der Waals surface area contributed by atoms with Crippen LogP contribution in [-0.2, 0) is 9.53 Å². The summed E-state index contributed by atoms with van der Waals surface area (Å²) in [4.78, 5) is 15.8. The van der Waals surface area contributed by atoms with E-state index >= 15 is 0 Å². The van der Waals surface area contributed by atoms with Gasteiger partial charge in [-0.1, -0.05) is 18.2 Å². The van der Waals surface area contributed by atoms with E-state index in [1.807, 2.05) is 18.2 Å². The van der Waals surface area contributed by atoms with E-state index in [-0.39, 0.29) is 11.8 Å². The summed E-state index contributed by atoms with van der Waals surface area (Å²) in [6.45, 7) is 3.39. The molecule has 2 aromatic carbocycles. The number of hydrogen-bond acceptors (Lipinski definition) is 3. The molecule has 0 amide bonds. The topological polar surface area (TPSA) is 34.0 Å². The SMILES string of the molecule is COC(=O)[C@@H](c1ccc(F)cc1)[NH+]1CCN(c2ccccc2)CC1. The lowest BCUT2D eigenvalue weighted by Crippen LogP contribution is -3.16. The number of hydrogen-bond donors (Lipinski definition) is 1. The molecule has 4 nitrogen and oxygen atoms in total. The van der Waals surface area contributed by atoms with Gasteiger partial charge in [0.25, 0.3) is 0 Å². The zero-order valence-corrected chi connectivity index (χ0v) is 13.7. The Hall–Kier alpha value is -2.40. The van der Waals surface area contributed by atoms with Gasteiger partial charge in [0.05, 0.1) is 33.3 Å². The molecule has 1 saturated heterocycles. The second-order valence-electron chi connectivity index (χ2n) is 5.99. The number of carbonyl (C=O) groups is 1. The molecular weight excluding hydrogens is 307 g/mol. The number of anilines is 1. The molecule has 0 saturated carbocycles. The van der Waals surface area contributed by atoms with Crippen LogP contribution < -0.4 is 9.80 Å². The fourth-order valence-corrected chi connectivity index (χ4v) is 3.29. The van der Waals surface area contributed by atoms with E-state index in [2.05, 4.69) is 17.0 Å². The van der Waals surface area contributed by atoms with Crippen LogP contribution >= 0.6 is 0 Å². The third-order valence-electron chi connectivity index (χ3n) is 4.58. The lowest BCUT2D eigenvalue weighted by Gasteiger charge is -2.36. The number of rotatable bonds is 4. The first-order valence-electron chi connectivity index (χ1n) is 8.17. The Morgan fingerprint density at radius 1 is 1.08 bits per heavy atom. The third kappa shape index (κ3) is 3.57. The minimum absolute atomic E-state index is 0.273. The van der Waals surface area contributed by atoms with Gasteiger partial charge in [0, 0.05) is 11.3 Å². The molecule has 0 aliphatic carbocycles. The Bertz CT molecular complexity index is 668. The highest BCUT2D eigenvalue weighted by molar-refractivity contribution is 5.76. The van der Waals surface area contributed by atoms with Crippen molar-refractivity contribution < 1.29 is 18.8 Å². The largest absolute Gasteiger partial charge is 0.464 e. The summed E-state index contributed by atoms with van der Waals surface area (Å²) in [6, 6.07) is 16.0. The average Bonchev–Trinajstić information content (AvgIpc) is 2.64. The van der Waals surface area contributed by atoms with Crippen molar-refractivity contribution in [1.29, 1.82) is 0 Å². The van der Waals surface area contributed by atoms with Crippen molar-refractivity contribution in [3.63, 3.8) is 0 Å². The lowest BCUT2D eigenvalue weighted by molar-refractivity contribution is -0.923. The van der Waals surface area contributed by atoms with Gasteiger partial charge in [0.1, 0.15) is 5.82 Å². The minimum Gasteiger partial charge on any atom is -0.464 e. The fourth-order valence-electron chi connectivity index (χ4n) is 3.29. The number of esters is 1. The summed E-state index contributed by atoms with van der Waals surface area (Å²) in [7, 11) is 1.40. The summed E-state index contributed by atoms with van der Waals surface area (Å²) < 4.78 is 18.2. The maximum absolute atomic E-state index is 13.2. The van der Waals surface area contributed by atoms with Gasteiger partial charge in [-0.05, 0) is 36.4 Å². The van der Waals surface area contributed by atoms with E-state index in [0.717, 1.165) is 36.6 Å². The smallest absolute Gasteiger partial charge is 0.369 e. The van der Waals surface area contributed by atoms with Crippen LogP contribution in [0.4, 0.5) is 10.1 Å². The van der Waals surface area contributed by atoms with Gasteiger partial charge in [0.15, 0.2) is 0 Å². The fraction of sp³-hybridized carbons (Fsp3) is 0.316. The molecule has 24 heavy (non-hydrogen) atoms. The van der Waals surface area contributed by atoms with E-state index in [9.17, 15) is 9.18 Å².